The van der Waals surface area contributed by atoms with Gasteiger partial charge in [0.05, 0.1) is 22.5 Å². The Labute approximate surface area is 152 Å². The maximum absolute atomic E-state index is 13.0. The van der Waals surface area contributed by atoms with Crippen LogP contribution in [0.2, 0.25) is 0 Å². The Balaban J connectivity index is 2.03. The third-order valence-corrected chi connectivity index (χ3v) is 6.03. The number of carbonyl (C=O) groups excluding carboxylic acids is 1. The molecule has 26 heavy (non-hydrogen) atoms. The Morgan fingerprint density at radius 2 is 1.77 bits per heavy atom. The van der Waals surface area contributed by atoms with Gasteiger partial charge in [0.2, 0.25) is 0 Å². The molecule has 1 aliphatic rings. The Kier molecular flexibility index (Phi) is 4.57. The molecule has 0 radical (unpaired) electrons. The van der Waals surface area contributed by atoms with Crippen LogP contribution in [0.5, 0.6) is 0 Å². The highest BCUT2D eigenvalue weighted by molar-refractivity contribution is 7.91. The number of amides is 1. The normalized spacial score (nSPS) is 15.5. The first-order chi connectivity index (χ1) is 12.4. The zero-order chi connectivity index (χ0) is 18.9. The first-order valence-electron chi connectivity index (χ1n) is 8.06. The fourth-order valence-corrected chi connectivity index (χ4v) is 4.57. The predicted octanol–water partition coefficient (Wildman–Crippen LogP) is 2.54. The van der Waals surface area contributed by atoms with Crippen molar-refractivity contribution in [1.82, 2.24) is 4.31 Å². The number of nitrogens with one attached hydrogen (secondary N) is 1. The second-order valence-electron chi connectivity index (χ2n) is 6.06. The van der Waals surface area contributed by atoms with Gasteiger partial charge in [0.15, 0.2) is 0 Å². The smallest absolute Gasteiger partial charge is 0.330 e. The number of para-hydroxylation sites is 2. The Hall–Kier alpha value is -3.05. The molecule has 0 aliphatic carbocycles. The van der Waals surface area contributed by atoms with E-state index >= 15 is 0 Å². The van der Waals surface area contributed by atoms with E-state index in [1.165, 1.54) is 0 Å². The summed E-state index contributed by atoms with van der Waals surface area (Å²) >= 11 is 0. The number of nitrogens with zero attached hydrogens (tertiary/aromatic N) is 3. The molecule has 1 heterocycles. The van der Waals surface area contributed by atoms with Crippen LogP contribution in [-0.2, 0) is 10.2 Å². The van der Waals surface area contributed by atoms with E-state index in [4.69, 9.17) is 0 Å². The molecule has 0 saturated heterocycles. The van der Waals surface area contributed by atoms with E-state index in [0.29, 0.717) is 22.5 Å². The van der Waals surface area contributed by atoms with Crippen molar-refractivity contribution in [1.29, 1.82) is 5.26 Å². The van der Waals surface area contributed by atoms with Crippen molar-refractivity contribution in [3.05, 3.63) is 59.7 Å². The molecule has 0 fully saturated rings. The molecule has 0 aromatic heterocycles. The fourth-order valence-electron chi connectivity index (χ4n) is 2.89. The van der Waals surface area contributed by atoms with Crippen molar-refractivity contribution in [3.8, 4) is 6.07 Å². The van der Waals surface area contributed by atoms with Crippen molar-refractivity contribution in [2.24, 2.45) is 0 Å². The minimum Gasteiger partial charge on any atom is -0.366 e. The third-order valence-electron chi connectivity index (χ3n) is 4.06. The Morgan fingerprint density at radius 3 is 2.46 bits per heavy atom. The Morgan fingerprint density at radius 1 is 1.12 bits per heavy atom. The minimum absolute atomic E-state index is 0.103. The van der Waals surface area contributed by atoms with Crippen LogP contribution in [0.3, 0.4) is 0 Å². The predicted molar refractivity (Wildman–Crippen MR) is 98.8 cm³/mol. The lowest BCUT2D eigenvalue weighted by molar-refractivity contribution is 0.0831. The van der Waals surface area contributed by atoms with Crippen LogP contribution >= 0.6 is 0 Å². The summed E-state index contributed by atoms with van der Waals surface area (Å²) < 4.78 is 28.1. The van der Waals surface area contributed by atoms with Crippen molar-refractivity contribution >= 4 is 27.5 Å². The molecular formula is C18H18N4O3S. The molecule has 8 heteroatoms. The van der Waals surface area contributed by atoms with Gasteiger partial charge in [0.1, 0.15) is 12.7 Å². The molecule has 3 rings (SSSR count). The molecule has 0 atom stereocenters. The molecular weight excluding hydrogens is 352 g/mol. The second kappa shape index (κ2) is 6.69. The topological polar surface area (TPSA) is 93.5 Å². The first kappa shape index (κ1) is 17.8. The standard InChI is InChI=1S/C18H18N4O3S/c1-13(2)22-18(23)15-8-4-6-10-17(15)21(26(22,24)25)12-20-16-9-5-3-7-14(16)11-19/h3-10,13,20H,12H2,1-2H3. The van der Waals surface area contributed by atoms with Crippen LogP contribution in [0.1, 0.15) is 29.8 Å². The van der Waals surface area contributed by atoms with Crippen LogP contribution in [-0.4, -0.2) is 31.3 Å². The summed E-state index contributed by atoms with van der Waals surface area (Å²) in [5, 5.41) is 12.2. The summed E-state index contributed by atoms with van der Waals surface area (Å²) in [7, 11) is -4.04. The summed E-state index contributed by atoms with van der Waals surface area (Å²) in [6, 6.07) is 15.0. The molecule has 1 N–H and O–H groups in total. The number of nitriles is 1. The minimum atomic E-state index is -4.04. The van der Waals surface area contributed by atoms with Crippen molar-refractivity contribution in [3.63, 3.8) is 0 Å². The monoisotopic (exact) mass is 370 g/mol. The summed E-state index contributed by atoms with van der Waals surface area (Å²) in [5.74, 6) is -0.538. The van der Waals surface area contributed by atoms with Gasteiger partial charge in [-0.15, -0.1) is 0 Å². The zero-order valence-corrected chi connectivity index (χ0v) is 15.2. The zero-order valence-electron chi connectivity index (χ0n) is 14.4. The van der Waals surface area contributed by atoms with E-state index in [1.54, 1.807) is 62.4 Å². The molecule has 2 aromatic rings. The number of benzene rings is 2. The fraction of sp³-hybridized carbons (Fsp3) is 0.222. The number of hydrogen-bond acceptors (Lipinski definition) is 5. The van der Waals surface area contributed by atoms with E-state index in [-0.39, 0.29) is 6.67 Å². The SMILES string of the molecule is CC(C)N1C(=O)c2ccccc2N(CNc2ccccc2C#N)S1(=O)=O. The van der Waals surface area contributed by atoms with E-state index in [2.05, 4.69) is 11.4 Å². The van der Waals surface area contributed by atoms with E-state index in [0.717, 1.165) is 8.61 Å². The molecule has 0 bridgehead atoms. The molecule has 7 nitrogen and oxygen atoms in total. The highest BCUT2D eigenvalue weighted by Crippen LogP contribution is 2.33. The number of fused-ring (bicyclic) bond motifs is 1. The summed E-state index contributed by atoms with van der Waals surface area (Å²) in [6.45, 7) is 3.20. The van der Waals surface area contributed by atoms with Crippen molar-refractivity contribution in [2.45, 2.75) is 19.9 Å². The molecule has 1 aliphatic heterocycles. The highest BCUT2D eigenvalue weighted by atomic mass is 32.2. The summed E-state index contributed by atoms with van der Waals surface area (Å²) in [5.41, 5.74) is 1.57. The van der Waals surface area contributed by atoms with E-state index in [1.807, 2.05) is 0 Å². The number of anilines is 2. The molecule has 0 spiro atoms. The van der Waals surface area contributed by atoms with Gasteiger partial charge in [0, 0.05) is 6.04 Å². The van der Waals surface area contributed by atoms with Crippen LogP contribution in [0.25, 0.3) is 0 Å². The lowest BCUT2D eigenvalue weighted by Gasteiger charge is -2.38. The largest absolute Gasteiger partial charge is 0.366 e. The average Bonchev–Trinajstić information content (AvgIpc) is 2.61. The quantitative estimate of drug-likeness (QED) is 0.893. The first-order valence-corrected chi connectivity index (χ1v) is 9.46. The van der Waals surface area contributed by atoms with Gasteiger partial charge in [-0.3, -0.25) is 4.79 Å². The Bertz CT molecular complexity index is 995. The highest BCUT2D eigenvalue weighted by Gasteiger charge is 2.42. The lowest BCUT2D eigenvalue weighted by Crippen LogP contribution is -2.55. The second-order valence-corrected chi connectivity index (χ2v) is 7.79. The van der Waals surface area contributed by atoms with Crippen LogP contribution in [0, 0.1) is 11.3 Å². The van der Waals surface area contributed by atoms with Gasteiger partial charge < -0.3 is 5.32 Å². The van der Waals surface area contributed by atoms with Gasteiger partial charge in [-0.05, 0) is 38.1 Å². The van der Waals surface area contributed by atoms with Crippen LogP contribution in [0.15, 0.2) is 48.5 Å². The van der Waals surface area contributed by atoms with Gasteiger partial charge in [0.25, 0.3) is 5.91 Å². The maximum atomic E-state index is 13.0. The third kappa shape index (κ3) is 2.86. The van der Waals surface area contributed by atoms with Crippen LogP contribution in [0.4, 0.5) is 11.4 Å². The van der Waals surface area contributed by atoms with Gasteiger partial charge >= 0.3 is 10.2 Å². The van der Waals surface area contributed by atoms with Crippen molar-refractivity contribution in [2.75, 3.05) is 16.3 Å². The maximum Gasteiger partial charge on any atom is 0.330 e. The van der Waals surface area contributed by atoms with E-state index < -0.39 is 22.2 Å². The molecule has 1 amide bonds. The lowest BCUT2D eigenvalue weighted by atomic mass is 10.1. The molecule has 0 unspecified atom stereocenters. The van der Waals surface area contributed by atoms with Crippen molar-refractivity contribution < 1.29 is 13.2 Å². The number of hydrogen-bond donors (Lipinski definition) is 1. The number of carbonyl (C=O) groups is 1. The average molecular weight is 370 g/mol. The van der Waals surface area contributed by atoms with Gasteiger partial charge in [-0.1, -0.05) is 24.3 Å². The molecule has 0 saturated carbocycles. The van der Waals surface area contributed by atoms with E-state index in [9.17, 15) is 18.5 Å². The van der Waals surface area contributed by atoms with Crippen LogP contribution < -0.4 is 9.62 Å². The van der Waals surface area contributed by atoms with Gasteiger partial charge in [-0.2, -0.15) is 13.7 Å². The summed E-state index contributed by atoms with van der Waals surface area (Å²) in [6.07, 6.45) is 0. The van der Waals surface area contributed by atoms with Gasteiger partial charge in [-0.25, -0.2) is 8.61 Å². The molecule has 2 aromatic carbocycles. The molecule has 134 valence electrons. The summed E-state index contributed by atoms with van der Waals surface area (Å²) in [4.78, 5) is 12.7. The number of rotatable bonds is 4.